The molecule has 1 fully saturated rings. The van der Waals surface area contributed by atoms with Gasteiger partial charge in [-0.15, -0.1) is 0 Å². The highest BCUT2D eigenvalue weighted by Gasteiger charge is 2.48. The highest BCUT2D eigenvalue weighted by atomic mass is 31.2. The number of amides is 4. The smallest absolute Gasteiger partial charge is 0.384 e. The zero-order chi connectivity index (χ0) is 21.6. The molecule has 3 N–H and O–H groups in total. The highest BCUT2D eigenvalue weighted by molar-refractivity contribution is 7.47. The number of imide groups is 1. The van der Waals surface area contributed by atoms with Gasteiger partial charge in [0.2, 0.25) is 0 Å². The molecule has 1 aliphatic carbocycles. The van der Waals surface area contributed by atoms with Gasteiger partial charge in [0.25, 0.3) is 11.8 Å². The van der Waals surface area contributed by atoms with Crippen molar-refractivity contribution >= 4 is 25.7 Å². The molecule has 0 saturated heterocycles. The molecule has 164 valence electrons. The van der Waals surface area contributed by atoms with Gasteiger partial charge < -0.3 is 25.0 Å². The van der Waals surface area contributed by atoms with Crippen molar-refractivity contribution in [2.45, 2.75) is 24.7 Å². The summed E-state index contributed by atoms with van der Waals surface area (Å²) < 4.78 is 32.1. The van der Waals surface area contributed by atoms with Crippen LogP contribution in [0.5, 0.6) is 0 Å². The average Bonchev–Trinajstić information content (AvgIpc) is 3.15. The third-order valence-corrected chi connectivity index (χ3v) is 5.69. The first-order valence-electron chi connectivity index (χ1n) is 8.89. The number of rotatable bonds is 10. The Balaban J connectivity index is 1.92. The molecule has 13 heteroatoms. The van der Waals surface area contributed by atoms with Crippen molar-refractivity contribution < 1.29 is 42.4 Å². The Morgan fingerprint density at radius 1 is 1.24 bits per heavy atom. The zero-order valence-electron chi connectivity index (χ0n) is 16.4. The minimum absolute atomic E-state index is 0.0377. The number of carbonyl (C=O) groups is 3. The van der Waals surface area contributed by atoms with Gasteiger partial charge in [0.05, 0.1) is 12.6 Å². The van der Waals surface area contributed by atoms with Gasteiger partial charge in [-0.1, -0.05) is 0 Å². The predicted molar refractivity (Wildman–Crippen MR) is 98.7 cm³/mol. The number of carbonyl (C=O) groups excluding carboxylic acids is 3. The monoisotopic (exact) mass is 435 g/mol. The number of nitrogens with one attached hydrogen (secondary N) is 2. The number of hydrogen-bond acceptors (Lipinski definition) is 8. The molecule has 2 aliphatic rings. The summed E-state index contributed by atoms with van der Waals surface area (Å²) in [5, 5.41) is 5.29. The van der Waals surface area contributed by atoms with E-state index in [0.717, 1.165) is 12.0 Å². The van der Waals surface area contributed by atoms with Crippen molar-refractivity contribution in [2.75, 3.05) is 41.0 Å². The molecule has 29 heavy (non-hydrogen) atoms. The standard InChI is InChI=1S/C16H26N3O9P/c1-25-9-10-8-11(15(26-2)14(10)28-29(23,24)27-3)18-16(22)17-6-7-19-12(20)4-5-13(19)21/h4-5,10-11,14-15H,6-9H2,1-3H3,(H,23,24)(H2,17,18,22)/t10-,11-,14?,15-/m1/s1. The van der Waals surface area contributed by atoms with Crippen LogP contribution in [0.15, 0.2) is 12.2 Å². The van der Waals surface area contributed by atoms with Crippen molar-refractivity contribution in [3.05, 3.63) is 12.2 Å². The maximum atomic E-state index is 12.2. The van der Waals surface area contributed by atoms with Crippen LogP contribution >= 0.6 is 7.82 Å². The SMILES string of the molecule is COC[C@H]1C[C@@H](NC(=O)NCCN2C(=O)C=CC2=O)[C@@H](OC)C1OP(=O)(O)OC. The molecule has 0 aromatic rings. The molecule has 2 rings (SSSR count). The van der Waals surface area contributed by atoms with Crippen LogP contribution in [-0.2, 0) is 32.7 Å². The van der Waals surface area contributed by atoms with Crippen LogP contribution in [0, 0.1) is 5.92 Å². The third-order valence-electron chi connectivity index (χ3n) is 4.72. The lowest BCUT2D eigenvalue weighted by Crippen LogP contribution is -2.49. The predicted octanol–water partition coefficient (Wildman–Crippen LogP) is -0.607. The summed E-state index contributed by atoms with van der Waals surface area (Å²) in [4.78, 5) is 45.9. The number of hydrogen-bond donors (Lipinski definition) is 3. The fourth-order valence-corrected chi connectivity index (χ4v) is 4.09. The van der Waals surface area contributed by atoms with Crippen molar-refractivity contribution in [3.63, 3.8) is 0 Å². The molecule has 0 bridgehead atoms. The fraction of sp³-hybridized carbons (Fsp3) is 0.688. The van der Waals surface area contributed by atoms with E-state index in [1.165, 1.54) is 26.4 Å². The maximum absolute atomic E-state index is 12.2. The quantitative estimate of drug-likeness (QED) is 0.301. The second-order valence-electron chi connectivity index (χ2n) is 6.54. The minimum Gasteiger partial charge on any atom is -0.384 e. The molecule has 0 aromatic heterocycles. The van der Waals surface area contributed by atoms with Gasteiger partial charge in [-0.2, -0.15) is 0 Å². The number of methoxy groups -OCH3 is 2. The van der Waals surface area contributed by atoms with Crippen LogP contribution in [0.1, 0.15) is 6.42 Å². The summed E-state index contributed by atoms with van der Waals surface area (Å²) in [6.45, 7) is 0.322. The number of ether oxygens (including phenoxy) is 2. The minimum atomic E-state index is -4.28. The third kappa shape index (κ3) is 6.08. The normalized spacial score (nSPS) is 28.6. The summed E-state index contributed by atoms with van der Waals surface area (Å²) >= 11 is 0. The summed E-state index contributed by atoms with van der Waals surface area (Å²) in [7, 11) is -0.341. The molecule has 1 saturated carbocycles. The Morgan fingerprint density at radius 3 is 2.45 bits per heavy atom. The fourth-order valence-electron chi connectivity index (χ4n) is 3.40. The first-order valence-corrected chi connectivity index (χ1v) is 10.4. The first-order chi connectivity index (χ1) is 13.7. The Bertz CT molecular complexity index is 683. The maximum Gasteiger partial charge on any atom is 0.472 e. The number of phosphoric acid groups is 1. The Kier molecular flexibility index (Phi) is 8.32. The summed E-state index contributed by atoms with van der Waals surface area (Å²) in [5.74, 6) is -1.18. The van der Waals surface area contributed by atoms with E-state index >= 15 is 0 Å². The molecule has 0 aromatic carbocycles. The van der Waals surface area contributed by atoms with Gasteiger partial charge in [0.1, 0.15) is 12.2 Å². The molecular weight excluding hydrogens is 409 g/mol. The summed E-state index contributed by atoms with van der Waals surface area (Å²) in [5.41, 5.74) is 0. The molecular formula is C16H26N3O9P. The first kappa shape index (κ1) is 23.5. The molecule has 12 nitrogen and oxygen atoms in total. The van der Waals surface area contributed by atoms with Crippen LogP contribution in [0.25, 0.3) is 0 Å². The van der Waals surface area contributed by atoms with E-state index in [-0.39, 0.29) is 25.6 Å². The molecule has 4 amide bonds. The topological polar surface area (TPSA) is 153 Å². The Morgan fingerprint density at radius 2 is 1.90 bits per heavy atom. The van der Waals surface area contributed by atoms with Gasteiger partial charge in [-0.05, 0) is 6.42 Å². The molecule has 0 spiro atoms. The van der Waals surface area contributed by atoms with Crippen molar-refractivity contribution in [2.24, 2.45) is 5.92 Å². The van der Waals surface area contributed by atoms with Crippen LogP contribution in [0.4, 0.5) is 4.79 Å². The van der Waals surface area contributed by atoms with Gasteiger partial charge >= 0.3 is 13.9 Å². The van der Waals surface area contributed by atoms with E-state index in [4.69, 9.17) is 14.0 Å². The van der Waals surface area contributed by atoms with Crippen LogP contribution in [0.3, 0.4) is 0 Å². The number of phosphoric ester groups is 1. The summed E-state index contributed by atoms with van der Waals surface area (Å²) in [6.07, 6.45) is 1.15. The molecule has 0 radical (unpaired) electrons. The van der Waals surface area contributed by atoms with E-state index in [0.29, 0.717) is 6.42 Å². The van der Waals surface area contributed by atoms with Gasteiger partial charge in [0.15, 0.2) is 0 Å². The van der Waals surface area contributed by atoms with E-state index in [9.17, 15) is 23.8 Å². The van der Waals surface area contributed by atoms with E-state index in [1.54, 1.807) is 0 Å². The van der Waals surface area contributed by atoms with Gasteiger partial charge in [-0.25, -0.2) is 9.36 Å². The Hall–Kier alpha value is -1.82. The van der Waals surface area contributed by atoms with Crippen molar-refractivity contribution in [1.29, 1.82) is 0 Å². The van der Waals surface area contributed by atoms with E-state index < -0.39 is 43.9 Å². The lowest BCUT2D eigenvalue weighted by Gasteiger charge is -2.27. The zero-order valence-corrected chi connectivity index (χ0v) is 17.3. The second-order valence-corrected chi connectivity index (χ2v) is 8.05. The molecule has 1 heterocycles. The van der Waals surface area contributed by atoms with Gasteiger partial charge in [-0.3, -0.25) is 23.5 Å². The lowest BCUT2D eigenvalue weighted by atomic mass is 10.1. The molecule has 5 atom stereocenters. The average molecular weight is 435 g/mol. The highest BCUT2D eigenvalue weighted by Crippen LogP contribution is 2.48. The van der Waals surface area contributed by atoms with Crippen LogP contribution < -0.4 is 10.6 Å². The largest absolute Gasteiger partial charge is 0.472 e. The number of nitrogens with zero attached hydrogens (tertiary/aromatic N) is 1. The van der Waals surface area contributed by atoms with E-state index in [2.05, 4.69) is 15.2 Å². The lowest BCUT2D eigenvalue weighted by molar-refractivity contribution is -0.136. The summed E-state index contributed by atoms with van der Waals surface area (Å²) in [6, 6.07) is -1.07. The second kappa shape index (κ2) is 10.3. The molecule has 2 unspecified atom stereocenters. The van der Waals surface area contributed by atoms with Crippen LogP contribution in [-0.4, -0.2) is 86.9 Å². The van der Waals surface area contributed by atoms with Crippen LogP contribution in [0.2, 0.25) is 0 Å². The van der Waals surface area contributed by atoms with Crippen molar-refractivity contribution in [3.8, 4) is 0 Å². The van der Waals surface area contributed by atoms with Crippen molar-refractivity contribution in [1.82, 2.24) is 15.5 Å². The number of urea groups is 1. The Labute approximate surface area is 168 Å². The van der Waals surface area contributed by atoms with E-state index in [1.807, 2.05) is 0 Å². The van der Waals surface area contributed by atoms with Gasteiger partial charge in [0, 0.05) is 52.5 Å². The molecule has 1 aliphatic heterocycles.